The predicted molar refractivity (Wildman–Crippen MR) is 78.4 cm³/mol. The van der Waals surface area contributed by atoms with Crippen LogP contribution in [0, 0.1) is 0 Å². The van der Waals surface area contributed by atoms with Gasteiger partial charge in [-0.05, 0) is 36.6 Å². The zero-order chi connectivity index (χ0) is 14.2. The van der Waals surface area contributed by atoms with Crippen molar-refractivity contribution in [3.63, 3.8) is 0 Å². The number of aryl methyl sites for hydroxylation is 1. The first-order valence-corrected chi connectivity index (χ1v) is 7.10. The number of hydrogen-bond donors (Lipinski definition) is 3. The molecule has 0 bridgehead atoms. The molecule has 0 saturated carbocycles. The summed E-state index contributed by atoms with van der Waals surface area (Å²) < 4.78 is 5.11. The van der Waals surface area contributed by atoms with Crippen LogP contribution in [0.4, 0.5) is 5.69 Å². The van der Waals surface area contributed by atoms with Crippen LogP contribution in [0.25, 0.3) is 0 Å². The van der Waals surface area contributed by atoms with Gasteiger partial charge in [0.25, 0.3) is 0 Å². The zero-order valence-electron chi connectivity index (χ0n) is 11.7. The van der Waals surface area contributed by atoms with Crippen LogP contribution in [0.3, 0.4) is 0 Å². The number of rotatable bonds is 8. The fraction of sp³-hybridized carbons (Fsp3) is 0.533. The summed E-state index contributed by atoms with van der Waals surface area (Å²) in [6.07, 6.45) is 2.15. The Morgan fingerprint density at radius 1 is 1.40 bits per heavy atom. The van der Waals surface area contributed by atoms with E-state index in [4.69, 9.17) is 9.84 Å². The number of aliphatic hydroxyl groups is 1. The van der Waals surface area contributed by atoms with Crippen molar-refractivity contribution in [2.45, 2.75) is 12.8 Å². The Kier molecular flexibility index (Phi) is 5.98. The third-order valence-corrected chi connectivity index (χ3v) is 3.31. The van der Waals surface area contributed by atoms with E-state index < -0.39 is 0 Å². The molecule has 0 aliphatic carbocycles. The van der Waals surface area contributed by atoms with E-state index in [2.05, 4.69) is 10.6 Å². The molecule has 1 aromatic carbocycles. The van der Waals surface area contributed by atoms with Crippen molar-refractivity contribution in [3.8, 4) is 0 Å². The molecule has 1 aromatic rings. The van der Waals surface area contributed by atoms with Gasteiger partial charge in [-0.1, -0.05) is 0 Å². The second-order valence-corrected chi connectivity index (χ2v) is 4.84. The molecule has 0 unspecified atom stereocenters. The number of Topliss-reactive ketones (excluding diaryl/α,β-unsaturated/α-hetero) is 1. The van der Waals surface area contributed by atoms with E-state index in [1.807, 2.05) is 18.2 Å². The molecule has 0 amide bonds. The summed E-state index contributed by atoms with van der Waals surface area (Å²) in [6, 6.07) is 5.86. The summed E-state index contributed by atoms with van der Waals surface area (Å²) >= 11 is 0. The van der Waals surface area contributed by atoms with Gasteiger partial charge in [0.2, 0.25) is 0 Å². The van der Waals surface area contributed by atoms with E-state index in [0.717, 1.165) is 30.6 Å². The van der Waals surface area contributed by atoms with Crippen LogP contribution < -0.4 is 10.6 Å². The third kappa shape index (κ3) is 4.30. The summed E-state index contributed by atoms with van der Waals surface area (Å²) in [7, 11) is 0. The zero-order valence-corrected chi connectivity index (χ0v) is 11.7. The molecule has 3 N–H and O–H groups in total. The average Bonchev–Trinajstić information content (AvgIpc) is 2.50. The first kappa shape index (κ1) is 15.0. The lowest BCUT2D eigenvalue weighted by atomic mass is 9.99. The van der Waals surface area contributed by atoms with Gasteiger partial charge in [-0.2, -0.15) is 0 Å². The van der Waals surface area contributed by atoms with Gasteiger partial charge in [-0.25, -0.2) is 0 Å². The molecule has 1 aliphatic rings. The quantitative estimate of drug-likeness (QED) is 0.485. The molecule has 0 radical (unpaired) electrons. The maximum Gasteiger partial charge on any atom is 0.176 e. The van der Waals surface area contributed by atoms with E-state index in [-0.39, 0.29) is 12.4 Å². The Morgan fingerprint density at radius 2 is 2.30 bits per heavy atom. The molecule has 0 fully saturated rings. The van der Waals surface area contributed by atoms with Crippen molar-refractivity contribution >= 4 is 11.5 Å². The van der Waals surface area contributed by atoms with Crippen molar-refractivity contribution < 1.29 is 14.6 Å². The highest BCUT2D eigenvalue weighted by Crippen LogP contribution is 2.22. The normalized spacial score (nSPS) is 13.7. The van der Waals surface area contributed by atoms with E-state index in [1.54, 1.807) is 0 Å². The number of ether oxygens (including phenoxy) is 1. The molecule has 20 heavy (non-hydrogen) atoms. The highest BCUT2D eigenvalue weighted by Gasteiger charge is 2.12. The van der Waals surface area contributed by atoms with Crippen molar-refractivity contribution in [2.75, 3.05) is 44.8 Å². The molecule has 2 rings (SSSR count). The highest BCUT2D eigenvalue weighted by molar-refractivity contribution is 5.98. The predicted octanol–water partition coefficient (Wildman–Crippen LogP) is 0.826. The van der Waals surface area contributed by atoms with Gasteiger partial charge in [-0.3, -0.25) is 4.79 Å². The van der Waals surface area contributed by atoms with Gasteiger partial charge < -0.3 is 20.5 Å². The van der Waals surface area contributed by atoms with E-state index in [9.17, 15) is 4.79 Å². The number of ketones is 1. The Bertz CT molecular complexity index is 449. The smallest absolute Gasteiger partial charge is 0.176 e. The average molecular weight is 278 g/mol. The Hall–Kier alpha value is -1.43. The van der Waals surface area contributed by atoms with Gasteiger partial charge in [0.1, 0.15) is 0 Å². The number of anilines is 1. The minimum Gasteiger partial charge on any atom is -0.394 e. The fourth-order valence-electron chi connectivity index (χ4n) is 2.26. The second-order valence-electron chi connectivity index (χ2n) is 4.84. The fourth-order valence-corrected chi connectivity index (χ4v) is 2.26. The summed E-state index contributed by atoms with van der Waals surface area (Å²) in [4.78, 5) is 12.1. The van der Waals surface area contributed by atoms with Crippen LogP contribution >= 0.6 is 0 Å². The monoisotopic (exact) mass is 278 g/mol. The number of carbonyl (C=O) groups is 1. The molecule has 5 heteroatoms. The number of benzene rings is 1. The summed E-state index contributed by atoms with van der Waals surface area (Å²) in [5, 5.41) is 14.9. The Balaban J connectivity index is 1.77. The number of hydrogen-bond acceptors (Lipinski definition) is 5. The number of fused-ring (bicyclic) bond motifs is 1. The number of nitrogens with one attached hydrogen (secondary N) is 2. The topological polar surface area (TPSA) is 70.6 Å². The molecule has 5 nitrogen and oxygen atoms in total. The molecule has 0 atom stereocenters. The van der Waals surface area contributed by atoms with Gasteiger partial charge in [-0.15, -0.1) is 0 Å². The lowest BCUT2D eigenvalue weighted by Gasteiger charge is -2.18. The van der Waals surface area contributed by atoms with Crippen LogP contribution in [-0.4, -0.2) is 50.3 Å². The maximum atomic E-state index is 12.1. The molecule has 110 valence electrons. The minimum atomic E-state index is 0.0299. The van der Waals surface area contributed by atoms with Gasteiger partial charge in [0, 0.05) is 24.3 Å². The van der Waals surface area contributed by atoms with Gasteiger partial charge in [0.05, 0.1) is 26.4 Å². The Morgan fingerprint density at radius 3 is 3.15 bits per heavy atom. The molecular weight excluding hydrogens is 256 g/mol. The van der Waals surface area contributed by atoms with Crippen molar-refractivity contribution in [1.29, 1.82) is 0 Å². The second kappa shape index (κ2) is 7.99. The van der Waals surface area contributed by atoms with Crippen LogP contribution in [0.1, 0.15) is 22.3 Å². The molecule has 1 aliphatic heterocycles. The minimum absolute atomic E-state index is 0.0299. The first-order chi connectivity index (χ1) is 9.81. The summed E-state index contributed by atoms with van der Waals surface area (Å²) in [5.41, 5.74) is 3.14. The molecule has 0 aromatic heterocycles. The van der Waals surface area contributed by atoms with Crippen molar-refractivity contribution in [1.82, 2.24) is 5.32 Å². The number of carbonyl (C=O) groups excluding carboxylic acids is 1. The molecule has 1 heterocycles. The number of aliphatic hydroxyl groups excluding tert-OH is 1. The molecule has 0 spiro atoms. The van der Waals surface area contributed by atoms with E-state index in [0.29, 0.717) is 26.3 Å². The first-order valence-electron chi connectivity index (χ1n) is 7.10. The van der Waals surface area contributed by atoms with Crippen molar-refractivity contribution in [3.05, 3.63) is 29.3 Å². The van der Waals surface area contributed by atoms with Crippen LogP contribution in [0.15, 0.2) is 18.2 Å². The Labute approximate surface area is 119 Å². The van der Waals surface area contributed by atoms with Gasteiger partial charge in [0.15, 0.2) is 5.78 Å². The van der Waals surface area contributed by atoms with Crippen molar-refractivity contribution in [2.24, 2.45) is 0 Å². The molecule has 0 saturated heterocycles. The largest absolute Gasteiger partial charge is 0.394 e. The van der Waals surface area contributed by atoms with E-state index in [1.165, 1.54) is 5.56 Å². The van der Waals surface area contributed by atoms with Crippen LogP contribution in [-0.2, 0) is 11.2 Å². The van der Waals surface area contributed by atoms with E-state index >= 15 is 0 Å². The van der Waals surface area contributed by atoms with Crippen LogP contribution in [0.2, 0.25) is 0 Å². The van der Waals surface area contributed by atoms with Gasteiger partial charge >= 0.3 is 0 Å². The third-order valence-electron chi connectivity index (χ3n) is 3.31. The maximum absolute atomic E-state index is 12.1. The SMILES string of the molecule is O=C(CNCCOCCO)c1ccc2c(c1)CCCN2. The molecular formula is C15H22N2O3. The standard InChI is InChI=1S/C15H22N2O3/c18-7-9-20-8-6-16-11-15(19)13-3-4-14-12(10-13)2-1-5-17-14/h3-4,10,16-18H,1-2,5-9,11H2. The lowest BCUT2D eigenvalue weighted by molar-refractivity contribution is 0.0906. The summed E-state index contributed by atoms with van der Waals surface area (Å²) in [5.74, 6) is 0.0977. The highest BCUT2D eigenvalue weighted by atomic mass is 16.5. The summed E-state index contributed by atoms with van der Waals surface area (Å²) in [6.45, 7) is 2.81. The lowest BCUT2D eigenvalue weighted by Crippen LogP contribution is -2.27. The van der Waals surface area contributed by atoms with Crippen LogP contribution in [0.5, 0.6) is 0 Å².